The lowest BCUT2D eigenvalue weighted by atomic mass is 10.2. The number of rotatable bonds is 4. The summed E-state index contributed by atoms with van der Waals surface area (Å²) >= 11 is 0. The van der Waals surface area contributed by atoms with Crippen molar-refractivity contribution in [3.05, 3.63) is 35.7 Å². The number of nitrogen functional groups attached to an aromatic ring is 1. The average Bonchev–Trinajstić information content (AvgIpc) is 2.98. The van der Waals surface area contributed by atoms with Crippen molar-refractivity contribution >= 4 is 22.8 Å². The standard InChI is InChI=1S/C14H17N5O/c1-3-11-9(8-19(2)18-11)7-16-14-17-12-6-10(15)4-5-13(12)20-14/h4-6,8H,3,7,15H2,1-2H3,(H,16,17). The molecule has 2 aromatic heterocycles. The van der Waals surface area contributed by atoms with Crippen molar-refractivity contribution in [2.24, 2.45) is 7.05 Å². The highest BCUT2D eigenvalue weighted by Gasteiger charge is 2.09. The predicted molar refractivity (Wildman–Crippen MR) is 78.3 cm³/mol. The number of anilines is 2. The van der Waals surface area contributed by atoms with Crippen molar-refractivity contribution in [2.45, 2.75) is 19.9 Å². The van der Waals surface area contributed by atoms with Crippen LogP contribution >= 0.6 is 0 Å². The zero-order valence-corrected chi connectivity index (χ0v) is 11.6. The summed E-state index contributed by atoms with van der Waals surface area (Å²) in [6.45, 7) is 2.73. The third-order valence-corrected chi connectivity index (χ3v) is 3.17. The van der Waals surface area contributed by atoms with Gasteiger partial charge in [0.15, 0.2) is 5.58 Å². The molecule has 0 saturated carbocycles. The first-order valence-corrected chi connectivity index (χ1v) is 6.57. The van der Waals surface area contributed by atoms with Crippen LogP contribution in [0.5, 0.6) is 0 Å². The van der Waals surface area contributed by atoms with E-state index in [1.807, 2.05) is 24.0 Å². The third kappa shape index (κ3) is 2.32. The molecule has 104 valence electrons. The van der Waals surface area contributed by atoms with Crippen molar-refractivity contribution in [1.82, 2.24) is 14.8 Å². The first-order valence-electron chi connectivity index (χ1n) is 6.57. The van der Waals surface area contributed by atoms with E-state index in [1.165, 1.54) is 0 Å². The quantitative estimate of drug-likeness (QED) is 0.712. The number of aromatic nitrogens is 3. The molecule has 3 aromatic rings. The van der Waals surface area contributed by atoms with Crippen LogP contribution in [0.4, 0.5) is 11.7 Å². The van der Waals surface area contributed by atoms with Crippen molar-refractivity contribution in [3.63, 3.8) is 0 Å². The molecule has 0 aliphatic heterocycles. The van der Waals surface area contributed by atoms with Gasteiger partial charge in [-0.05, 0) is 24.6 Å². The molecule has 3 rings (SSSR count). The van der Waals surface area contributed by atoms with Gasteiger partial charge in [-0.1, -0.05) is 6.92 Å². The summed E-state index contributed by atoms with van der Waals surface area (Å²) < 4.78 is 7.44. The van der Waals surface area contributed by atoms with Crippen LogP contribution in [0.25, 0.3) is 11.1 Å². The molecule has 0 aliphatic carbocycles. The van der Waals surface area contributed by atoms with Gasteiger partial charge in [-0.3, -0.25) is 4.68 Å². The zero-order chi connectivity index (χ0) is 14.1. The fraction of sp³-hybridized carbons (Fsp3) is 0.286. The van der Waals surface area contributed by atoms with Crippen molar-refractivity contribution < 1.29 is 4.42 Å². The van der Waals surface area contributed by atoms with E-state index in [0.717, 1.165) is 28.8 Å². The fourth-order valence-corrected chi connectivity index (χ4v) is 2.22. The Hall–Kier alpha value is -2.50. The first-order chi connectivity index (χ1) is 9.65. The predicted octanol–water partition coefficient (Wildman–Crippen LogP) is 2.32. The molecule has 0 radical (unpaired) electrons. The van der Waals surface area contributed by atoms with Gasteiger partial charge in [0.2, 0.25) is 0 Å². The van der Waals surface area contributed by atoms with Gasteiger partial charge in [0.1, 0.15) is 5.52 Å². The van der Waals surface area contributed by atoms with Gasteiger partial charge in [-0.25, -0.2) is 0 Å². The van der Waals surface area contributed by atoms with Crippen LogP contribution in [0.2, 0.25) is 0 Å². The second-order valence-electron chi connectivity index (χ2n) is 4.73. The normalized spacial score (nSPS) is 11.1. The lowest BCUT2D eigenvalue weighted by Gasteiger charge is -2.00. The maximum Gasteiger partial charge on any atom is 0.295 e. The molecule has 20 heavy (non-hydrogen) atoms. The number of aryl methyl sites for hydroxylation is 2. The molecule has 0 spiro atoms. The summed E-state index contributed by atoms with van der Waals surface area (Å²) in [6, 6.07) is 5.92. The van der Waals surface area contributed by atoms with Crippen molar-refractivity contribution in [3.8, 4) is 0 Å². The van der Waals surface area contributed by atoms with Gasteiger partial charge in [-0.2, -0.15) is 10.1 Å². The maximum atomic E-state index is 5.73. The van der Waals surface area contributed by atoms with Crippen molar-refractivity contribution in [1.29, 1.82) is 0 Å². The molecule has 0 atom stereocenters. The van der Waals surface area contributed by atoms with E-state index in [2.05, 4.69) is 22.3 Å². The molecule has 6 nitrogen and oxygen atoms in total. The summed E-state index contributed by atoms with van der Waals surface area (Å²) in [5.74, 6) is 0. The minimum Gasteiger partial charge on any atom is -0.424 e. The van der Waals surface area contributed by atoms with Gasteiger partial charge in [0, 0.05) is 31.0 Å². The molecule has 6 heteroatoms. The van der Waals surface area contributed by atoms with Gasteiger partial charge in [0.25, 0.3) is 6.01 Å². The lowest BCUT2D eigenvalue weighted by molar-refractivity contribution is 0.614. The minimum atomic E-state index is 0.497. The van der Waals surface area contributed by atoms with E-state index < -0.39 is 0 Å². The van der Waals surface area contributed by atoms with Gasteiger partial charge < -0.3 is 15.5 Å². The first kappa shape index (κ1) is 12.5. The number of hydrogen-bond acceptors (Lipinski definition) is 5. The van der Waals surface area contributed by atoms with Crippen LogP contribution in [0.1, 0.15) is 18.2 Å². The lowest BCUT2D eigenvalue weighted by Crippen LogP contribution is -2.01. The van der Waals surface area contributed by atoms with Crippen LogP contribution in [-0.4, -0.2) is 14.8 Å². The second kappa shape index (κ2) is 4.88. The Bertz CT molecular complexity index is 743. The Balaban J connectivity index is 1.79. The molecular formula is C14H17N5O. The highest BCUT2D eigenvalue weighted by molar-refractivity contribution is 5.78. The monoisotopic (exact) mass is 271 g/mol. The Morgan fingerprint density at radius 3 is 3.05 bits per heavy atom. The Morgan fingerprint density at radius 2 is 2.25 bits per heavy atom. The zero-order valence-electron chi connectivity index (χ0n) is 11.6. The van der Waals surface area contributed by atoms with Gasteiger partial charge in [-0.15, -0.1) is 0 Å². The summed E-state index contributed by atoms with van der Waals surface area (Å²) in [7, 11) is 1.92. The molecule has 0 unspecified atom stereocenters. The molecule has 0 aliphatic rings. The van der Waals surface area contributed by atoms with E-state index in [0.29, 0.717) is 18.2 Å². The summed E-state index contributed by atoms with van der Waals surface area (Å²) in [4.78, 5) is 4.37. The maximum absolute atomic E-state index is 5.73. The Labute approximate surface area is 116 Å². The number of nitrogens with one attached hydrogen (secondary N) is 1. The number of nitrogens with two attached hydrogens (primary N) is 1. The van der Waals surface area contributed by atoms with Crippen LogP contribution in [-0.2, 0) is 20.0 Å². The smallest absolute Gasteiger partial charge is 0.295 e. The van der Waals surface area contributed by atoms with Crippen molar-refractivity contribution in [2.75, 3.05) is 11.1 Å². The Morgan fingerprint density at radius 1 is 1.40 bits per heavy atom. The number of hydrogen-bond donors (Lipinski definition) is 2. The third-order valence-electron chi connectivity index (χ3n) is 3.17. The molecular weight excluding hydrogens is 254 g/mol. The summed E-state index contributed by atoms with van der Waals surface area (Å²) in [5, 5.41) is 7.59. The fourth-order valence-electron chi connectivity index (χ4n) is 2.22. The van der Waals surface area contributed by atoms with Gasteiger partial charge >= 0.3 is 0 Å². The summed E-state index contributed by atoms with van der Waals surface area (Å²) in [5.41, 5.74) is 10.1. The van der Waals surface area contributed by atoms with E-state index in [-0.39, 0.29) is 0 Å². The van der Waals surface area contributed by atoms with E-state index in [9.17, 15) is 0 Å². The minimum absolute atomic E-state index is 0.497. The number of fused-ring (bicyclic) bond motifs is 1. The summed E-state index contributed by atoms with van der Waals surface area (Å²) in [6.07, 6.45) is 2.91. The van der Waals surface area contributed by atoms with E-state index in [4.69, 9.17) is 10.2 Å². The molecule has 0 saturated heterocycles. The molecule has 0 amide bonds. The van der Waals surface area contributed by atoms with E-state index >= 15 is 0 Å². The average molecular weight is 271 g/mol. The SMILES string of the molecule is CCc1nn(C)cc1CNc1nc2cc(N)ccc2o1. The number of nitrogens with zero attached hydrogens (tertiary/aromatic N) is 3. The highest BCUT2D eigenvalue weighted by Crippen LogP contribution is 2.21. The van der Waals surface area contributed by atoms with Crippen LogP contribution in [0.15, 0.2) is 28.8 Å². The molecule has 2 heterocycles. The molecule has 0 bridgehead atoms. The van der Waals surface area contributed by atoms with E-state index in [1.54, 1.807) is 12.1 Å². The molecule has 3 N–H and O–H groups in total. The number of oxazole rings is 1. The largest absolute Gasteiger partial charge is 0.424 e. The van der Waals surface area contributed by atoms with Crippen LogP contribution in [0.3, 0.4) is 0 Å². The molecule has 0 fully saturated rings. The Kier molecular flexibility index (Phi) is 3.06. The molecule has 1 aromatic carbocycles. The van der Waals surface area contributed by atoms with Crippen LogP contribution in [0, 0.1) is 0 Å². The topological polar surface area (TPSA) is 81.9 Å². The second-order valence-corrected chi connectivity index (χ2v) is 4.73. The van der Waals surface area contributed by atoms with Crippen LogP contribution < -0.4 is 11.1 Å². The number of benzene rings is 1. The van der Waals surface area contributed by atoms with Gasteiger partial charge in [0.05, 0.1) is 5.69 Å². The highest BCUT2D eigenvalue weighted by atomic mass is 16.4.